The Morgan fingerprint density at radius 1 is 1.03 bits per heavy atom. The molecule has 0 unspecified atom stereocenters. The molecule has 10 heteroatoms. The second kappa shape index (κ2) is 10.4. The lowest BCUT2D eigenvalue weighted by molar-refractivity contribution is -0.116. The monoisotopic (exact) mass is 456 g/mol. The van der Waals surface area contributed by atoms with Crippen LogP contribution >= 0.6 is 11.6 Å². The quantitative estimate of drug-likeness (QED) is 0.565. The van der Waals surface area contributed by atoms with Gasteiger partial charge in [-0.3, -0.25) is 9.69 Å². The minimum absolute atomic E-state index is 0.0303. The van der Waals surface area contributed by atoms with E-state index in [1.54, 1.807) is 23.1 Å². The molecule has 0 radical (unpaired) electrons. The van der Waals surface area contributed by atoms with Gasteiger partial charge in [0.25, 0.3) is 0 Å². The Balaban J connectivity index is 1.12. The van der Waals surface area contributed by atoms with Crippen LogP contribution in [0.25, 0.3) is 11.0 Å². The van der Waals surface area contributed by atoms with E-state index in [4.69, 9.17) is 16.3 Å². The molecular weight excluding hydrogens is 432 g/mol. The zero-order valence-electron chi connectivity index (χ0n) is 17.6. The van der Waals surface area contributed by atoms with E-state index in [2.05, 4.69) is 25.6 Å². The number of carbonyl (C=O) groups is 2. The van der Waals surface area contributed by atoms with E-state index in [9.17, 15) is 9.59 Å². The van der Waals surface area contributed by atoms with Crippen molar-refractivity contribution >= 4 is 40.3 Å². The molecule has 168 valence electrons. The first-order valence-electron chi connectivity index (χ1n) is 10.6. The molecule has 2 aromatic carbocycles. The van der Waals surface area contributed by atoms with E-state index in [1.165, 1.54) is 0 Å². The largest absolute Gasteiger partial charge is 0.445 e. The number of rotatable bonds is 7. The fraction of sp³-hybridized carbons (Fsp3) is 0.364. The number of H-pyrrole nitrogens is 1. The lowest BCUT2D eigenvalue weighted by Gasteiger charge is -2.34. The van der Waals surface area contributed by atoms with Crippen LogP contribution in [0.15, 0.2) is 42.5 Å². The molecule has 1 fully saturated rings. The lowest BCUT2D eigenvalue weighted by atomic mass is 10.2. The van der Waals surface area contributed by atoms with Gasteiger partial charge < -0.3 is 15.0 Å². The Kier molecular flexibility index (Phi) is 7.18. The maximum absolute atomic E-state index is 12.3. The number of nitrogens with one attached hydrogen (secondary N) is 2. The van der Waals surface area contributed by atoms with Crippen molar-refractivity contribution in [3.05, 3.63) is 53.1 Å². The van der Waals surface area contributed by atoms with E-state index in [-0.39, 0.29) is 18.6 Å². The minimum Gasteiger partial charge on any atom is -0.445 e. The number of carbonyl (C=O) groups excluding carboxylic acids is 2. The van der Waals surface area contributed by atoms with Crippen molar-refractivity contribution in [3.63, 3.8) is 0 Å². The Morgan fingerprint density at radius 3 is 2.56 bits per heavy atom. The molecule has 1 aliphatic heterocycles. The smallest absolute Gasteiger partial charge is 0.410 e. The third-order valence-electron chi connectivity index (χ3n) is 5.38. The van der Waals surface area contributed by atoms with E-state index >= 15 is 0 Å². The van der Waals surface area contributed by atoms with Gasteiger partial charge in [-0.05, 0) is 48.9 Å². The number of anilines is 1. The summed E-state index contributed by atoms with van der Waals surface area (Å²) in [6, 6.07) is 12.7. The Morgan fingerprint density at radius 2 is 1.78 bits per heavy atom. The summed E-state index contributed by atoms with van der Waals surface area (Å²) in [5.74, 6) is -0.0303. The van der Waals surface area contributed by atoms with Crippen LogP contribution in [0.4, 0.5) is 10.5 Å². The lowest BCUT2D eigenvalue weighted by Crippen LogP contribution is -2.49. The highest BCUT2D eigenvalue weighted by Crippen LogP contribution is 2.15. The Hall–Kier alpha value is -3.17. The summed E-state index contributed by atoms with van der Waals surface area (Å²) in [6.07, 6.45) is 0.877. The van der Waals surface area contributed by atoms with E-state index < -0.39 is 0 Å². The maximum Gasteiger partial charge on any atom is 0.410 e. The molecule has 4 rings (SSSR count). The van der Waals surface area contributed by atoms with Gasteiger partial charge in [-0.2, -0.15) is 15.4 Å². The van der Waals surface area contributed by atoms with Crippen molar-refractivity contribution in [3.8, 4) is 0 Å². The molecule has 32 heavy (non-hydrogen) atoms. The van der Waals surface area contributed by atoms with Gasteiger partial charge in [0, 0.05) is 43.3 Å². The van der Waals surface area contributed by atoms with Crippen LogP contribution in [0.1, 0.15) is 18.4 Å². The first kappa shape index (κ1) is 22.0. The fourth-order valence-electron chi connectivity index (χ4n) is 3.58. The number of nitrogens with zero attached hydrogens (tertiary/aromatic N) is 4. The summed E-state index contributed by atoms with van der Waals surface area (Å²) >= 11 is 5.87. The molecule has 1 aromatic heterocycles. The average molecular weight is 457 g/mol. The maximum atomic E-state index is 12.3. The third-order valence-corrected chi connectivity index (χ3v) is 5.64. The zero-order chi connectivity index (χ0) is 22.3. The summed E-state index contributed by atoms with van der Waals surface area (Å²) in [4.78, 5) is 28.5. The van der Waals surface area contributed by atoms with Gasteiger partial charge >= 0.3 is 6.09 Å². The van der Waals surface area contributed by atoms with Gasteiger partial charge in [-0.25, -0.2) is 4.79 Å². The molecule has 0 atom stereocenters. The van der Waals surface area contributed by atoms with Gasteiger partial charge in [0.2, 0.25) is 5.91 Å². The highest BCUT2D eigenvalue weighted by Gasteiger charge is 2.22. The number of hydrogen-bond donors (Lipinski definition) is 2. The van der Waals surface area contributed by atoms with E-state index in [0.29, 0.717) is 35.7 Å². The molecule has 2 heterocycles. The number of hydrogen-bond acceptors (Lipinski definition) is 6. The van der Waals surface area contributed by atoms with Crippen LogP contribution in [-0.2, 0) is 16.1 Å². The summed E-state index contributed by atoms with van der Waals surface area (Å²) in [5.41, 5.74) is 3.09. The SMILES string of the molecule is O=C(CCCN1CCN(C(=O)OCc2ccc(Cl)cc2)CC1)Nc1ccc2n[nH]nc2c1. The molecule has 2 N–H and O–H groups in total. The second-order valence-corrected chi connectivity index (χ2v) is 8.13. The average Bonchev–Trinajstić information content (AvgIpc) is 3.27. The molecule has 0 saturated carbocycles. The van der Waals surface area contributed by atoms with Crippen molar-refractivity contribution in [1.29, 1.82) is 0 Å². The van der Waals surface area contributed by atoms with Crippen molar-refractivity contribution in [2.24, 2.45) is 0 Å². The van der Waals surface area contributed by atoms with Crippen LogP contribution < -0.4 is 5.32 Å². The van der Waals surface area contributed by atoms with E-state index in [0.717, 1.165) is 37.1 Å². The number of piperazine rings is 1. The zero-order valence-corrected chi connectivity index (χ0v) is 18.3. The van der Waals surface area contributed by atoms with Crippen LogP contribution in [0.5, 0.6) is 0 Å². The number of aromatic amines is 1. The number of aromatic nitrogens is 3. The summed E-state index contributed by atoms with van der Waals surface area (Å²) in [6.45, 7) is 3.80. The number of fused-ring (bicyclic) bond motifs is 1. The van der Waals surface area contributed by atoms with Gasteiger partial charge in [0.1, 0.15) is 17.6 Å². The number of benzene rings is 2. The highest BCUT2D eigenvalue weighted by atomic mass is 35.5. The van der Waals surface area contributed by atoms with E-state index in [1.807, 2.05) is 24.3 Å². The van der Waals surface area contributed by atoms with Crippen molar-refractivity contribution in [2.45, 2.75) is 19.4 Å². The molecule has 0 bridgehead atoms. The normalized spacial score (nSPS) is 14.5. The van der Waals surface area contributed by atoms with Gasteiger partial charge in [-0.15, -0.1) is 0 Å². The standard InChI is InChI=1S/C22H25ClN6O3/c23-17-5-3-16(4-6-17)15-32-22(31)29-12-10-28(11-13-29)9-1-2-21(30)24-18-7-8-19-20(14-18)26-27-25-19/h3-8,14H,1-2,9-13,15H2,(H,24,30)(H,25,26,27). The molecule has 0 spiro atoms. The van der Waals surface area contributed by atoms with Crippen molar-refractivity contribution < 1.29 is 14.3 Å². The predicted octanol–water partition coefficient (Wildman–Crippen LogP) is 3.28. The van der Waals surface area contributed by atoms with Crippen molar-refractivity contribution in [2.75, 3.05) is 38.0 Å². The topological polar surface area (TPSA) is 103 Å². The first-order chi connectivity index (χ1) is 15.6. The highest BCUT2D eigenvalue weighted by molar-refractivity contribution is 6.30. The Labute approximate surface area is 190 Å². The number of amides is 2. The Bertz CT molecular complexity index is 1060. The summed E-state index contributed by atoms with van der Waals surface area (Å²) in [7, 11) is 0. The van der Waals surface area contributed by atoms with Crippen molar-refractivity contribution in [1.82, 2.24) is 25.2 Å². The molecule has 9 nitrogen and oxygen atoms in total. The van der Waals surface area contributed by atoms with Crippen LogP contribution in [0.3, 0.4) is 0 Å². The molecule has 2 amide bonds. The minimum atomic E-state index is -0.303. The summed E-state index contributed by atoms with van der Waals surface area (Å²) in [5, 5.41) is 14.1. The van der Waals surface area contributed by atoms with Gasteiger partial charge in [-0.1, -0.05) is 23.7 Å². The molecule has 3 aromatic rings. The molecule has 1 saturated heterocycles. The summed E-state index contributed by atoms with van der Waals surface area (Å²) < 4.78 is 5.40. The van der Waals surface area contributed by atoms with Gasteiger partial charge in [0.15, 0.2) is 0 Å². The van der Waals surface area contributed by atoms with Crippen LogP contribution in [-0.4, -0.2) is 69.9 Å². The third kappa shape index (κ3) is 5.95. The van der Waals surface area contributed by atoms with Crippen LogP contribution in [0, 0.1) is 0 Å². The first-order valence-corrected chi connectivity index (χ1v) is 10.9. The van der Waals surface area contributed by atoms with Crippen LogP contribution in [0.2, 0.25) is 5.02 Å². The number of halogens is 1. The second-order valence-electron chi connectivity index (χ2n) is 7.69. The molecular formula is C22H25ClN6O3. The number of ether oxygens (including phenoxy) is 1. The predicted molar refractivity (Wildman–Crippen MR) is 121 cm³/mol. The molecule has 1 aliphatic rings. The van der Waals surface area contributed by atoms with Gasteiger partial charge in [0.05, 0.1) is 0 Å². The molecule has 0 aliphatic carbocycles. The fourth-order valence-corrected chi connectivity index (χ4v) is 3.70.